The maximum Gasteiger partial charge on any atom is 0.233 e. The highest BCUT2D eigenvalue weighted by atomic mass is 35.5. The van der Waals surface area contributed by atoms with Crippen LogP contribution in [0.3, 0.4) is 0 Å². The average molecular weight is 310 g/mol. The molecule has 2 aromatic rings. The zero-order valence-corrected chi connectivity index (χ0v) is 13.4. The molecule has 0 radical (unpaired) electrons. The van der Waals surface area contributed by atoms with Crippen molar-refractivity contribution in [3.8, 4) is 5.88 Å². The summed E-state index contributed by atoms with van der Waals surface area (Å²) in [5, 5.41) is 16.6. The van der Waals surface area contributed by atoms with Crippen molar-refractivity contribution in [2.75, 3.05) is 13.7 Å². The first-order valence-electron chi connectivity index (χ1n) is 6.92. The third kappa shape index (κ3) is 3.33. The number of halogens is 1. The summed E-state index contributed by atoms with van der Waals surface area (Å²) in [5.74, 6) is 0.484. The Kier molecular flexibility index (Phi) is 5.14. The molecule has 0 aliphatic rings. The Morgan fingerprint density at radius 3 is 2.62 bits per heavy atom. The second-order valence-corrected chi connectivity index (χ2v) is 5.31. The molecule has 0 aliphatic carbocycles. The first kappa shape index (κ1) is 15.7. The van der Waals surface area contributed by atoms with Crippen LogP contribution >= 0.6 is 11.6 Å². The molecule has 0 amide bonds. The van der Waals surface area contributed by atoms with Crippen molar-refractivity contribution >= 4 is 11.6 Å². The van der Waals surface area contributed by atoms with Gasteiger partial charge in [-0.3, -0.25) is 4.68 Å². The number of hydrogen-bond donors (Lipinski definition) is 1. The van der Waals surface area contributed by atoms with Gasteiger partial charge in [0.05, 0.1) is 35.8 Å². The van der Waals surface area contributed by atoms with Crippen LogP contribution in [-0.4, -0.2) is 33.6 Å². The number of methoxy groups -OCH3 is 1. The van der Waals surface area contributed by atoms with Gasteiger partial charge in [-0.2, -0.15) is 5.10 Å². The Bertz CT molecular complexity index is 582. The summed E-state index contributed by atoms with van der Waals surface area (Å²) in [4.78, 5) is 0. The average Bonchev–Trinajstić information content (AvgIpc) is 2.87. The van der Waals surface area contributed by atoms with E-state index >= 15 is 0 Å². The number of ether oxygens (including phenoxy) is 1. The van der Waals surface area contributed by atoms with Crippen LogP contribution in [0.2, 0.25) is 5.02 Å². The minimum Gasteiger partial charge on any atom is -0.480 e. The molecule has 0 spiro atoms. The molecule has 1 unspecified atom stereocenters. The van der Waals surface area contributed by atoms with Crippen molar-refractivity contribution in [1.82, 2.24) is 25.3 Å². The van der Waals surface area contributed by atoms with Gasteiger partial charge < -0.3 is 10.1 Å². The van der Waals surface area contributed by atoms with Crippen LogP contribution in [-0.2, 0) is 0 Å². The largest absolute Gasteiger partial charge is 0.480 e. The van der Waals surface area contributed by atoms with Gasteiger partial charge >= 0.3 is 0 Å². The summed E-state index contributed by atoms with van der Waals surface area (Å²) in [5.41, 5.74) is 1.68. The van der Waals surface area contributed by atoms with Gasteiger partial charge in [0.15, 0.2) is 0 Å². The normalized spacial score (nSPS) is 12.7. The van der Waals surface area contributed by atoms with E-state index in [0.29, 0.717) is 10.9 Å². The van der Waals surface area contributed by atoms with Crippen LogP contribution < -0.4 is 10.1 Å². The molecule has 0 saturated carbocycles. The van der Waals surface area contributed by atoms with Crippen molar-refractivity contribution in [3.05, 3.63) is 34.7 Å². The minimum absolute atomic E-state index is 0.161. The van der Waals surface area contributed by atoms with Crippen molar-refractivity contribution < 1.29 is 4.74 Å². The van der Waals surface area contributed by atoms with Crippen LogP contribution in [0.25, 0.3) is 0 Å². The summed E-state index contributed by atoms with van der Waals surface area (Å²) in [7, 11) is 1.57. The van der Waals surface area contributed by atoms with Gasteiger partial charge in [0.25, 0.3) is 0 Å². The molecule has 1 atom stereocenters. The first-order chi connectivity index (χ1) is 10.1. The predicted molar refractivity (Wildman–Crippen MR) is 81.7 cm³/mol. The van der Waals surface area contributed by atoms with E-state index < -0.39 is 0 Å². The molecule has 2 rings (SSSR count). The summed E-state index contributed by atoms with van der Waals surface area (Å²) in [6.07, 6.45) is 1.66. The zero-order valence-electron chi connectivity index (χ0n) is 12.7. The quantitative estimate of drug-likeness (QED) is 0.888. The Morgan fingerprint density at radius 2 is 2.10 bits per heavy atom. The maximum absolute atomic E-state index is 6.33. The van der Waals surface area contributed by atoms with Crippen LogP contribution in [0.1, 0.15) is 44.2 Å². The lowest BCUT2D eigenvalue weighted by Gasteiger charge is -2.21. The number of rotatable bonds is 6. The van der Waals surface area contributed by atoms with Gasteiger partial charge in [-0.05, 0) is 26.5 Å². The highest BCUT2D eigenvalue weighted by Gasteiger charge is 2.24. The lowest BCUT2D eigenvalue weighted by Crippen LogP contribution is -2.27. The topological polar surface area (TPSA) is 64.9 Å². The van der Waals surface area contributed by atoms with E-state index in [0.717, 1.165) is 17.9 Å². The van der Waals surface area contributed by atoms with Crippen molar-refractivity contribution in [3.63, 3.8) is 0 Å². The monoisotopic (exact) mass is 309 g/mol. The molecule has 0 fully saturated rings. The molecule has 0 bridgehead atoms. The third-order valence-corrected chi connectivity index (χ3v) is 3.41. The SMILES string of the molecule is CCNC(c1ccc(OC)nn1)c1c(Cl)cnn1C(C)C. The van der Waals surface area contributed by atoms with Crippen LogP contribution in [0.4, 0.5) is 0 Å². The van der Waals surface area contributed by atoms with Crippen molar-refractivity contribution in [2.45, 2.75) is 32.9 Å². The van der Waals surface area contributed by atoms with E-state index in [1.807, 2.05) is 17.7 Å². The number of nitrogens with one attached hydrogen (secondary N) is 1. The zero-order chi connectivity index (χ0) is 15.4. The van der Waals surface area contributed by atoms with Gasteiger partial charge in [0.1, 0.15) is 0 Å². The number of aromatic nitrogens is 4. The van der Waals surface area contributed by atoms with Gasteiger partial charge in [-0.25, -0.2) is 0 Å². The van der Waals surface area contributed by atoms with Gasteiger partial charge in [-0.1, -0.05) is 18.5 Å². The Morgan fingerprint density at radius 1 is 1.33 bits per heavy atom. The Labute approximate surface area is 129 Å². The first-order valence-corrected chi connectivity index (χ1v) is 7.30. The lowest BCUT2D eigenvalue weighted by atomic mass is 10.1. The molecule has 6 nitrogen and oxygen atoms in total. The highest BCUT2D eigenvalue weighted by Crippen LogP contribution is 2.29. The molecule has 2 heterocycles. The van der Waals surface area contributed by atoms with Crippen LogP contribution in [0.15, 0.2) is 18.3 Å². The summed E-state index contributed by atoms with van der Waals surface area (Å²) < 4.78 is 6.95. The second-order valence-electron chi connectivity index (χ2n) is 4.91. The molecule has 21 heavy (non-hydrogen) atoms. The molecule has 1 N–H and O–H groups in total. The summed E-state index contributed by atoms with van der Waals surface area (Å²) in [6, 6.07) is 3.72. The van der Waals surface area contributed by atoms with Crippen LogP contribution in [0.5, 0.6) is 5.88 Å². The maximum atomic E-state index is 6.33. The predicted octanol–water partition coefficient (Wildman–Crippen LogP) is 2.61. The van der Waals surface area contributed by atoms with E-state index in [2.05, 4.69) is 34.5 Å². The molecule has 0 aromatic carbocycles. The number of hydrogen-bond acceptors (Lipinski definition) is 5. The van der Waals surface area contributed by atoms with Gasteiger partial charge in [0, 0.05) is 12.1 Å². The standard InChI is InChI=1S/C14H20ClN5O/c1-5-16-13(11-6-7-12(21-4)19-18-11)14-10(15)8-17-20(14)9(2)3/h6-9,13,16H,5H2,1-4H3. The lowest BCUT2D eigenvalue weighted by molar-refractivity contribution is 0.389. The molecule has 114 valence electrons. The molecular weight excluding hydrogens is 290 g/mol. The molecule has 7 heteroatoms. The Balaban J connectivity index is 2.45. The Hall–Kier alpha value is -1.66. The minimum atomic E-state index is -0.161. The van der Waals surface area contributed by atoms with Gasteiger partial charge in [-0.15, -0.1) is 10.2 Å². The van der Waals surface area contributed by atoms with E-state index in [1.165, 1.54) is 0 Å². The van der Waals surface area contributed by atoms with Gasteiger partial charge in [0.2, 0.25) is 5.88 Å². The molecule has 2 aromatic heterocycles. The van der Waals surface area contributed by atoms with Crippen LogP contribution in [0, 0.1) is 0 Å². The number of nitrogens with zero attached hydrogens (tertiary/aromatic N) is 4. The van der Waals surface area contributed by atoms with E-state index in [1.54, 1.807) is 19.4 Å². The smallest absolute Gasteiger partial charge is 0.233 e. The second kappa shape index (κ2) is 6.87. The molecular formula is C14H20ClN5O. The van der Waals surface area contributed by atoms with E-state index in [9.17, 15) is 0 Å². The van der Waals surface area contributed by atoms with Crippen molar-refractivity contribution in [1.29, 1.82) is 0 Å². The summed E-state index contributed by atoms with van der Waals surface area (Å²) in [6.45, 7) is 6.94. The third-order valence-electron chi connectivity index (χ3n) is 3.12. The summed E-state index contributed by atoms with van der Waals surface area (Å²) >= 11 is 6.33. The van der Waals surface area contributed by atoms with E-state index in [4.69, 9.17) is 16.3 Å². The van der Waals surface area contributed by atoms with E-state index in [-0.39, 0.29) is 12.1 Å². The fourth-order valence-corrected chi connectivity index (χ4v) is 2.41. The fourth-order valence-electron chi connectivity index (χ4n) is 2.17. The fraction of sp³-hybridized carbons (Fsp3) is 0.500. The molecule has 0 saturated heterocycles. The highest BCUT2D eigenvalue weighted by molar-refractivity contribution is 6.31. The molecule has 0 aliphatic heterocycles. The van der Waals surface area contributed by atoms with Crippen molar-refractivity contribution in [2.24, 2.45) is 0 Å².